The van der Waals surface area contributed by atoms with Gasteiger partial charge in [0, 0.05) is 13.1 Å². The second kappa shape index (κ2) is 16.7. The van der Waals surface area contributed by atoms with Crippen LogP contribution in [0.2, 0.25) is 0 Å². The summed E-state index contributed by atoms with van der Waals surface area (Å²) in [5, 5.41) is 34.5. The molecule has 0 fully saturated rings. The fraction of sp³-hybridized carbons (Fsp3) is 0.600. The Morgan fingerprint density at radius 3 is 1.00 bits per heavy atom. The SMILES string of the molecule is O=C(O)CN(CCN(CC(=O)O)CC(=O)O)CC(=O)O.O=P[O-].[Na+]. The van der Waals surface area contributed by atoms with E-state index in [4.69, 9.17) is 29.9 Å². The molecule has 0 aliphatic heterocycles. The van der Waals surface area contributed by atoms with E-state index in [0.717, 1.165) is 9.80 Å². The molecule has 24 heavy (non-hydrogen) atoms. The summed E-state index contributed by atoms with van der Waals surface area (Å²) in [5.41, 5.74) is 0. The van der Waals surface area contributed by atoms with Gasteiger partial charge in [0.25, 0.3) is 0 Å². The molecule has 0 aromatic heterocycles. The number of carbonyl (C=O) groups is 4. The molecule has 0 unspecified atom stereocenters. The van der Waals surface area contributed by atoms with E-state index < -0.39 is 58.7 Å². The first-order valence-corrected chi connectivity index (χ1v) is 6.62. The zero-order chi connectivity index (χ0) is 18.4. The molecule has 0 aliphatic carbocycles. The van der Waals surface area contributed by atoms with Crippen LogP contribution in [0.5, 0.6) is 0 Å². The summed E-state index contributed by atoms with van der Waals surface area (Å²) in [6, 6.07) is 0. The molecular weight excluding hydrogens is 362 g/mol. The molecule has 0 aliphatic rings. The third kappa shape index (κ3) is 20.9. The topological polar surface area (TPSA) is 196 Å². The maximum Gasteiger partial charge on any atom is 1.00 e. The molecule has 4 N–H and O–H groups in total. The van der Waals surface area contributed by atoms with Crippen LogP contribution in [-0.2, 0) is 23.7 Å². The quantitative estimate of drug-likeness (QED) is 0.197. The largest absolute Gasteiger partial charge is 1.00 e. The molecule has 0 bridgehead atoms. The van der Waals surface area contributed by atoms with Crippen LogP contribution in [0.1, 0.15) is 0 Å². The van der Waals surface area contributed by atoms with E-state index in [1.54, 1.807) is 0 Å². The van der Waals surface area contributed by atoms with E-state index >= 15 is 0 Å². The van der Waals surface area contributed by atoms with E-state index in [1.165, 1.54) is 0 Å². The minimum atomic E-state index is -1.23. The van der Waals surface area contributed by atoms with Gasteiger partial charge in [0.15, 0.2) is 0 Å². The third-order valence-corrected chi connectivity index (χ3v) is 2.17. The molecule has 0 radical (unpaired) electrons. The molecular formula is C10H16N2NaO10P. The maximum atomic E-state index is 10.6. The molecule has 0 saturated carbocycles. The average molecular weight is 378 g/mol. The van der Waals surface area contributed by atoms with Crippen LogP contribution < -0.4 is 34.5 Å². The number of hydrogen-bond acceptors (Lipinski definition) is 8. The minimum Gasteiger partial charge on any atom is -0.772 e. The van der Waals surface area contributed by atoms with Gasteiger partial charge in [-0.1, -0.05) is 0 Å². The zero-order valence-electron chi connectivity index (χ0n) is 12.8. The van der Waals surface area contributed by atoms with Gasteiger partial charge in [0.2, 0.25) is 0 Å². The van der Waals surface area contributed by atoms with Crippen molar-refractivity contribution in [2.75, 3.05) is 39.3 Å². The number of carboxylic acid groups (broad SMARTS) is 4. The van der Waals surface area contributed by atoms with E-state index in [1.807, 2.05) is 0 Å². The predicted octanol–water partition coefficient (Wildman–Crippen LogP) is -5.51. The van der Waals surface area contributed by atoms with Crippen molar-refractivity contribution in [2.45, 2.75) is 0 Å². The van der Waals surface area contributed by atoms with E-state index in [-0.39, 0.29) is 42.6 Å². The monoisotopic (exact) mass is 378 g/mol. The van der Waals surface area contributed by atoms with Crippen molar-refractivity contribution < 1.29 is 78.6 Å². The van der Waals surface area contributed by atoms with Crippen molar-refractivity contribution in [2.24, 2.45) is 0 Å². The van der Waals surface area contributed by atoms with Gasteiger partial charge in [-0.25, -0.2) is 0 Å². The first-order valence-electron chi connectivity index (χ1n) is 5.89. The Labute approximate surface area is 160 Å². The molecule has 0 amide bonds. The van der Waals surface area contributed by atoms with Crippen molar-refractivity contribution in [3.05, 3.63) is 0 Å². The Balaban J connectivity index is -0.00000102. The van der Waals surface area contributed by atoms with E-state index in [9.17, 15) is 19.2 Å². The van der Waals surface area contributed by atoms with Crippen molar-refractivity contribution in [3.63, 3.8) is 0 Å². The van der Waals surface area contributed by atoms with Gasteiger partial charge in [-0.2, -0.15) is 0 Å². The molecule has 0 saturated heterocycles. The van der Waals surface area contributed by atoms with Crippen molar-refractivity contribution >= 4 is 32.6 Å². The number of nitrogens with zero attached hydrogens (tertiary/aromatic N) is 2. The molecule has 0 rings (SSSR count). The van der Waals surface area contributed by atoms with Crippen molar-refractivity contribution in [3.8, 4) is 0 Å². The molecule has 14 heteroatoms. The van der Waals surface area contributed by atoms with Crippen LogP contribution in [0.3, 0.4) is 0 Å². The second-order valence-electron chi connectivity index (χ2n) is 4.07. The fourth-order valence-electron chi connectivity index (χ4n) is 1.48. The molecule has 0 heterocycles. The predicted molar refractivity (Wildman–Crippen MR) is 71.0 cm³/mol. The van der Waals surface area contributed by atoms with Gasteiger partial charge in [-0.05, 0) is 0 Å². The first kappa shape index (κ1) is 27.7. The van der Waals surface area contributed by atoms with Gasteiger partial charge in [0.1, 0.15) is 0 Å². The maximum absolute atomic E-state index is 10.6. The molecule has 0 aromatic carbocycles. The fourth-order valence-corrected chi connectivity index (χ4v) is 1.48. The number of carboxylic acids is 4. The third-order valence-electron chi connectivity index (χ3n) is 2.17. The van der Waals surface area contributed by atoms with Gasteiger partial charge >= 0.3 is 53.4 Å². The van der Waals surface area contributed by atoms with Crippen LogP contribution in [0.4, 0.5) is 0 Å². The van der Waals surface area contributed by atoms with Crippen LogP contribution in [-0.4, -0.2) is 93.4 Å². The Morgan fingerprint density at radius 1 is 0.708 bits per heavy atom. The van der Waals surface area contributed by atoms with Gasteiger partial charge in [-0.3, -0.25) is 33.5 Å². The minimum absolute atomic E-state index is 0. The summed E-state index contributed by atoms with van der Waals surface area (Å²) < 4.78 is 8.35. The van der Waals surface area contributed by atoms with Gasteiger partial charge in [0.05, 0.1) is 34.9 Å². The smallest absolute Gasteiger partial charge is 0.772 e. The van der Waals surface area contributed by atoms with Crippen LogP contribution in [0.15, 0.2) is 0 Å². The van der Waals surface area contributed by atoms with E-state index in [2.05, 4.69) is 0 Å². The molecule has 0 aromatic rings. The second-order valence-corrected chi connectivity index (χ2v) is 4.22. The summed E-state index contributed by atoms with van der Waals surface area (Å²) in [6.45, 7) is -2.25. The Kier molecular flexibility index (Phi) is 19.3. The van der Waals surface area contributed by atoms with Gasteiger partial charge in [-0.15, -0.1) is 0 Å². The number of hydrogen-bond donors (Lipinski definition) is 4. The standard InChI is InChI=1S/C10H16N2O8.Na.HO2P/c13-7(14)3-11(4-8(15)16)1-2-12(5-9(17)18)6-10(19)20;;1-3-2/h1-6H2,(H,13,14)(H,15,16)(H,17,18)(H,19,20);;(H,1,2)/q;+1;/p-1. The van der Waals surface area contributed by atoms with Crippen LogP contribution in [0.25, 0.3) is 0 Å². The Bertz CT molecular complexity index is 368. The summed E-state index contributed by atoms with van der Waals surface area (Å²) in [5.74, 6) is -4.91. The van der Waals surface area contributed by atoms with Gasteiger partial charge < -0.3 is 25.3 Å². The Morgan fingerprint density at radius 2 is 0.875 bits per heavy atom. The van der Waals surface area contributed by atoms with Crippen molar-refractivity contribution in [1.29, 1.82) is 0 Å². The summed E-state index contributed by atoms with van der Waals surface area (Å²) in [6.07, 6.45) is 0. The number of aliphatic carboxylic acids is 4. The molecule has 0 atom stereocenters. The van der Waals surface area contributed by atoms with E-state index in [0.29, 0.717) is 0 Å². The molecule has 12 nitrogen and oxygen atoms in total. The first-order chi connectivity index (χ1) is 10.6. The Hall–Kier alpha value is -1.14. The summed E-state index contributed by atoms with van der Waals surface area (Å²) in [4.78, 5) is 52.7. The summed E-state index contributed by atoms with van der Waals surface area (Å²) >= 11 is 0. The molecule has 0 spiro atoms. The number of rotatable bonds is 11. The summed E-state index contributed by atoms with van der Waals surface area (Å²) in [7, 11) is -1.08. The average Bonchev–Trinajstić information content (AvgIpc) is 2.33. The normalized spacial score (nSPS) is 9.79. The van der Waals surface area contributed by atoms with Crippen molar-refractivity contribution in [1.82, 2.24) is 9.80 Å². The van der Waals surface area contributed by atoms with Crippen LogP contribution >= 0.6 is 8.69 Å². The van der Waals surface area contributed by atoms with Crippen LogP contribution in [0, 0.1) is 0 Å². The zero-order valence-corrected chi connectivity index (χ0v) is 15.7. The molecule has 132 valence electrons.